The Morgan fingerprint density at radius 2 is 1.60 bits per heavy atom. The minimum Gasteiger partial charge on any atom is -0.487 e. The SMILES string of the molecule is O=C(CCl)Nc1ccc2sc(C(=O)NCc3cccc(NC(=O)c4cccs4)c3)c(OCc3ccccc3)c2c1. The van der Waals surface area contributed by atoms with Crippen molar-refractivity contribution < 1.29 is 19.1 Å². The third kappa shape index (κ3) is 6.69. The summed E-state index contributed by atoms with van der Waals surface area (Å²) < 4.78 is 7.04. The lowest BCUT2D eigenvalue weighted by atomic mass is 10.2. The second-order valence-corrected chi connectivity index (χ2v) is 11.0. The molecular formula is C30H24ClN3O4S2. The molecule has 0 aliphatic heterocycles. The van der Waals surface area contributed by atoms with Gasteiger partial charge in [0.25, 0.3) is 11.8 Å². The number of benzene rings is 3. The quantitative estimate of drug-likeness (QED) is 0.154. The van der Waals surface area contributed by atoms with E-state index < -0.39 is 0 Å². The van der Waals surface area contributed by atoms with Crippen molar-refractivity contribution in [1.82, 2.24) is 5.32 Å². The van der Waals surface area contributed by atoms with Crippen LogP contribution in [0.1, 0.15) is 30.5 Å². The zero-order valence-electron chi connectivity index (χ0n) is 21.1. The third-order valence-electron chi connectivity index (χ3n) is 5.86. The Morgan fingerprint density at radius 1 is 0.800 bits per heavy atom. The van der Waals surface area contributed by atoms with Crippen molar-refractivity contribution in [2.24, 2.45) is 0 Å². The number of rotatable bonds is 10. The van der Waals surface area contributed by atoms with Gasteiger partial charge in [0.15, 0.2) is 5.75 Å². The molecule has 0 saturated carbocycles. The van der Waals surface area contributed by atoms with E-state index in [4.69, 9.17) is 16.3 Å². The molecule has 2 heterocycles. The van der Waals surface area contributed by atoms with E-state index in [9.17, 15) is 14.4 Å². The maximum Gasteiger partial charge on any atom is 0.265 e. The lowest BCUT2D eigenvalue weighted by molar-refractivity contribution is -0.113. The van der Waals surface area contributed by atoms with Gasteiger partial charge >= 0.3 is 0 Å². The molecule has 202 valence electrons. The van der Waals surface area contributed by atoms with Gasteiger partial charge in [0, 0.05) is 28.0 Å². The maximum atomic E-state index is 13.4. The predicted octanol–water partition coefficient (Wildman–Crippen LogP) is 6.90. The Kier molecular flexibility index (Phi) is 8.75. The first-order valence-electron chi connectivity index (χ1n) is 12.3. The molecule has 40 heavy (non-hydrogen) atoms. The smallest absolute Gasteiger partial charge is 0.265 e. The average Bonchev–Trinajstić information content (AvgIpc) is 3.64. The molecule has 0 saturated heterocycles. The van der Waals surface area contributed by atoms with Crippen LogP contribution in [0, 0.1) is 0 Å². The number of hydrogen-bond donors (Lipinski definition) is 3. The van der Waals surface area contributed by atoms with Crippen LogP contribution in [0.4, 0.5) is 11.4 Å². The molecule has 0 bridgehead atoms. The predicted molar refractivity (Wildman–Crippen MR) is 162 cm³/mol. The molecule has 0 spiro atoms. The highest BCUT2D eigenvalue weighted by atomic mass is 35.5. The van der Waals surface area contributed by atoms with Crippen LogP contribution in [0.3, 0.4) is 0 Å². The molecule has 0 aliphatic carbocycles. The lowest BCUT2D eigenvalue weighted by Crippen LogP contribution is -2.22. The number of nitrogens with one attached hydrogen (secondary N) is 3. The maximum absolute atomic E-state index is 13.4. The van der Waals surface area contributed by atoms with Crippen LogP contribution in [-0.2, 0) is 17.9 Å². The number of amides is 3. The standard InChI is InChI=1S/C30H24ClN3O4S2/c31-16-26(35)33-22-11-12-24-23(15-22)27(38-18-19-6-2-1-3-7-19)28(40-24)30(37)32-17-20-8-4-9-21(14-20)34-29(36)25-10-5-13-39-25/h1-15H,16-18H2,(H,32,37)(H,33,35)(H,34,36). The summed E-state index contributed by atoms with van der Waals surface area (Å²) in [6.45, 7) is 0.530. The van der Waals surface area contributed by atoms with E-state index in [0.29, 0.717) is 26.9 Å². The van der Waals surface area contributed by atoms with Crippen molar-refractivity contribution >= 4 is 73.5 Å². The monoisotopic (exact) mass is 589 g/mol. The molecule has 5 aromatic rings. The van der Waals surface area contributed by atoms with E-state index in [2.05, 4.69) is 16.0 Å². The highest BCUT2D eigenvalue weighted by Crippen LogP contribution is 2.40. The Hall–Kier alpha value is -4.18. The van der Waals surface area contributed by atoms with Crippen molar-refractivity contribution in [3.8, 4) is 5.75 Å². The summed E-state index contributed by atoms with van der Waals surface area (Å²) in [5, 5.41) is 11.2. The van der Waals surface area contributed by atoms with Gasteiger partial charge in [0.05, 0.1) is 4.88 Å². The van der Waals surface area contributed by atoms with Gasteiger partial charge in [0.2, 0.25) is 5.91 Å². The number of alkyl halides is 1. The first-order chi connectivity index (χ1) is 19.5. The number of fused-ring (bicyclic) bond motifs is 1. The fourth-order valence-corrected chi connectivity index (χ4v) is 5.72. The normalized spacial score (nSPS) is 10.7. The van der Waals surface area contributed by atoms with Gasteiger partial charge in [-0.25, -0.2) is 0 Å². The van der Waals surface area contributed by atoms with E-state index in [1.165, 1.54) is 22.7 Å². The van der Waals surface area contributed by atoms with Crippen molar-refractivity contribution in [1.29, 1.82) is 0 Å². The zero-order valence-corrected chi connectivity index (χ0v) is 23.5. The van der Waals surface area contributed by atoms with Gasteiger partial charge in [-0.2, -0.15) is 0 Å². The van der Waals surface area contributed by atoms with Gasteiger partial charge in [0.1, 0.15) is 17.4 Å². The highest BCUT2D eigenvalue weighted by molar-refractivity contribution is 7.21. The second-order valence-electron chi connectivity index (χ2n) is 8.74. The van der Waals surface area contributed by atoms with Crippen LogP contribution >= 0.6 is 34.3 Å². The molecule has 10 heteroatoms. The second kappa shape index (κ2) is 12.8. The molecule has 0 aliphatic rings. The molecular weight excluding hydrogens is 566 g/mol. The molecule has 5 rings (SSSR count). The number of halogens is 1. The van der Waals surface area contributed by atoms with E-state index >= 15 is 0 Å². The first kappa shape index (κ1) is 27.4. The van der Waals surface area contributed by atoms with Crippen LogP contribution < -0.4 is 20.7 Å². The highest BCUT2D eigenvalue weighted by Gasteiger charge is 2.21. The summed E-state index contributed by atoms with van der Waals surface area (Å²) >= 11 is 8.33. The van der Waals surface area contributed by atoms with E-state index in [1.807, 2.05) is 66.0 Å². The zero-order chi connectivity index (χ0) is 27.9. The number of anilines is 2. The third-order valence-corrected chi connectivity index (χ3v) is 8.12. The van der Waals surface area contributed by atoms with Gasteiger partial charge < -0.3 is 20.7 Å². The summed E-state index contributed by atoms with van der Waals surface area (Å²) in [6.07, 6.45) is 0. The van der Waals surface area contributed by atoms with Crippen LogP contribution in [0.5, 0.6) is 5.75 Å². The Labute approximate surface area is 243 Å². The van der Waals surface area contributed by atoms with Crippen molar-refractivity contribution in [3.05, 3.63) is 111 Å². The Balaban J connectivity index is 1.35. The van der Waals surface area contributed by atoms with Crippen LogP contribution in [-0.4, -0.2) is 23.6 Å². The minimum absolute atomic E-state index is 0.161. The number of carbonyl (C=O) groups excluding carboxylic acids is 3. The Bertz CT molecular complexity index is 1650. The average molecular weight is 590 g/mol. The summed E-state index contributed by atoms with van der Waals surface area (Å²) in [4.78, 5) is 38.7. The molecule has 0 radical (unpaired) electrons. The fourth-order valence-electron chi connectivity index (χ4n) is 3.99. The molecule has 2 aromatic heterocycles. The van der Waals surface area contributed by atoms with Gasteiger partial charge in [-0.05, 0) is 52.9 Å². The molecule has 3 N–H and O–H groups in total. The topological polar surface area (TPSA) is 96.5 Å². The van der Waals surface area contributed by atoms with Gasteiger partial charge in [-0.15, -0.1) is 34.3 Å². The molecule has 3 aromatic carbocycles. The molecule has 0 unspecified atom stereocenters. The number of ether oxygens (including phenoxy) is 1. The van der Waals surface area contributed by atoms with Crippen LogP contribution in [0.25, 0.3) is 10.1 Å². The van der Waals surface area contributed by atoms with Crippen LogP contribution in [0.15, 0.2) is 90.3 Å². The van der Waals surface area contributed by atoms with E-state index in [0.717, 1.165) is 21.2 Å². The van der Waals surface area contributed by atoms with E-state index in [1.54, 1.807) is 24.3 Å². The van der Waals surface area contributed by atoms with Crippen molar-refractivity contribution in [2.75, 3.05) is 16.5 Å². The lowest BCUT2D eigenvalue weighted by Gasteiger charge is -2.11. The molecule has 7 nitrogen and oxygen atoms in total. The first-order valence-corrected chi connectivity index (χ1v) is 14.5. The number of hydrogen-bond acceptors (Lipinski definition) is 6. The summed E-state index contributed by atoms with van der Waals surface area (Å²) in [6, 6.07) is 26.0. The van der Waals surface area contributed by atoms with E-state index in [-0.39, 0.29) is 36.8 Å². The Morgan fingerprint density at radius 3 is 2.38 bits per heavy atom. The molecule has 0 atom stereocenters. The minimum atomic E-state index is -0.324. The van der Waals surface area contributed by atoms with Gasteiger partial charge in [-0.3, -0.25) is 14.4 Å². The summed E-state index contributed by atoms with van der Waals surface area (Å²) in [5.41, 5.74) is 3.00. The van der Waals surface area contributed by atoms with Crippen LogP contribution in [0.2, 0.25) is 0 Å². The van der Waals surface area contributed by atoms with Crippen molar-refractivity contribution in [2.45, 2.75) is 13.2 Å². The molecule has 3 amide bonds. The largest absolute Gasteiger partial charge is 0.487 e. The number of carbonyl (C=O) groups is 3. The van der Waals surface area contributed by atoms with Crippen molar-refractivity contribution in [3.63, 3.8) is 0 Å². The summed E-state index contributed by atoms with van der Waals surface area (Å²) in [5.74, 6) is -0.507. The summed E-state index contributed by atoms with van der Waals surface area (Å²) in [7, 11) is 0. The number of thiophene rings is 2. The van der Waals surface area contributed by atoms with Gasteiger partial charge in [-0.1, -0.05) is 48.5 Å². The fraction of sp³-hybridized carbons (Fsp3) is 0.100. The molecule has 0 fully saturated rings.